The highest BCUT2D eigenvalue weighted by molar-refractivity contribution is 9.09. The van der Waals surface area contributed by atoms with Crippen LogP contribution in [0, 0.1) is 10.1 Å². The highest BCUT2D eigenvalue weighted by atomic mass is 79.9. The molecular formula is C9H10BrClN2O4S. The van der Waals surface area contributed by atoms with Gasteiger partial charge in [-0.2, -0.15) is 4.31 Å². The largest absolute Gasteiger partial charge is 0.290 e. The quantitative estimate of drug-likeness (QED) is 0.460. The minimum Gasteiger partial charge on any atom is -0.258 e. The first-order valence-corrected chi connectivity index (χ1v) is 7.71. The molecule has 0 aliphatic rings. The molecule has 0 saturated carbocycles. The maximum absolute atomic E-state index is 12.1. The van der Waals surface area contributed by atoms with Crippen molar-refractivity contribution in [2.24, 2.45) is 0 Å². The Labute approximate surface area is 118 Å². The highest BCUT2D eigenvalue weighted by Gasteiger charge is 2.29. The first-order chi connectivity index (χ1) is 8.30. The lowest BCUT2D eigenvalue weighted by Crippen LogP contribution is -2.29. The molecule has 100 valence electrons. The van der Waals surface area contributed by atoms with Crippen molar-refractivity contribution in [2.45, 2.75) is 4.90 Å². The summed E-state index contributed by atoms with van der Waals surface area (Å²) in [5, 5.41) is 11.4. The third-order valence-corrected chi connectivity index (χ3v) is 4.70. The van der Waals surface area contributed by atoms with Crippen molar-refractivity contribution in [3.05, 3.63) is 33.3 Å². The summed E-state index contributed by atoms with van der Waals surface area (Å²) in [7, 11) is -2.53. The van der Waals surface area contributed by atoms with Gasteiger partial charge in [0.15, 0.2) is 4.90 Å². The summed E-state index contributed by atoms with van der Waals surface area (Å²) in [5.74, 6) is 0. The highest BCUT2D eigenvalue weighted by Crippen LogP contribution is 2.28. The van der Waals surface area contributed by atoms with E-state index < -0.39 is 20.6 Å². The van der Waals surface area contributed by atoms with Crippen molar-refractivity contribution in [1.29, 1.82) is 0 Å². The first-order valence-electron chi connectivity index (χ1n) is 4.77. The Balaban J connectivity index is 3.37. The maximum Gasteiger partial charge on any atom is 0.290 e. The molecule has 0 fully saturated rings. The van der Waals surface area contributed by atoms with Crippen molar-refractivity contribution in [1.82, 2.24) is 4.31 Å². The summed E-state index contributed by atoms with van der Waals surface area (Å²) in [5.41, 5.74) is -0.524. The molecule has 0 saturated heterocycles. The Morgan fingerprint density at radius 2 is 2.11 bits per heavy atom. The van der Waals surface area contributed by atoms with E-state index in [-0.39, 0.29) is 16.5 Å². The molecule has 0 bridgehead atoms. The van der Waals surface area contributed by atoms with Crippen molar-refractivity contribution >= 4 is 43.2 Å². The number of halogens is 2. The van der Waals surface area contributed by atoms with Crippen LogP contribution in [-0.2, 0) is 10.0 Å². The van der Waals surface area contributed by atoms with Gasteiger partial charge in [-0.25, -0.2) is 8.42 Å². The molecule has 0 N–H and O–H groups in total. The van der Waals surface area contributed by atoms with E-state index in [1.165, 1.54) is 13.1 Å². The van der Waals surface area contributed by atoms with E-state index in [0.717, 1.165) is 16.4 Å². The Morgan fingerprint density at radius 1 is 1.50 bits per heavy atom. The number of hydrogen-bond donors (Lipinski definition) is 0. The van der Waals surface area contributed by atoms with Gasteiger partial charge >= 0.3 is 0 Å². The zero-order chi connectivity index (χ0) is 13.9. The van der Waals surface area contributed by atoms with Gasteiger partial charge in [-0.05, 0) is 12.1 Å². The van der Waals surface area contributed by atoms with Crippen molar-refractivity contribution in [3.8, 4) is 0 Å². The Bertz CT molecular complexity index is 564. The molecule has 1 aromatic rings. The lowest BCUT2D eigenvalue weighted by Gasteiger charge is -2.15. The first kappa shape index (κ1) is 15.4. The second-order valence-electron chi connectivity index (χ2n) is 3.38. The van der Waals surface area contributed by atoms with Crippen LogP contribution < -0.4 is 0 Å². The number of benzene rings is 1. The average molecular weight is 358 g/mol. The van der Waals surface area contributed by atoms with Crippen molar-refractivity contribution in [2.75, 3.05) is 18.9 Å². The standard InChI is InChI=1S/C9H10BrClN2O4S/c1-12(5-4-10)18(16,17)9-3-2-7(11)6-8(9)13(14)15/h2-3,6H,4-5H2,1H3. The van der Waals surface area contributed by atoms with Gasteiger partial charge < -0.3 is 0 Å². The van der Waals surface area contributed by atoms with Gasteiger partial charge in [0.25, 0.3) is 5.69 Å². The number of nitrogens with zero attached hydrogens (tertiary/aromatic N) is 2. The van der Waals surface area contributed by atoms with Crippen LogP contribution in [0.3, 0.4) is 0 Å². The molecule has 0 atom stereocenters. The molecule has 0 spiro atoms. The number of nitro groups is 1. The molecular weight excluding hydrogens is 348 g/mol. The molecule has 0 aliphatic heterocycles. The summed E-state index contributed by atoms with van der Waals surface area (Å²) in [6.45, 7) is 0.210. The second kappa shape index (κ2) is 5.96. The van der Waals surface area contributed by atoms with Crippen molar-refractivity contribution < 1.29 is 13.3 Å². The number of rotatable bonds is 5. The lowest BCUT2D eigenvalue weighted by molar-refractivity contribution is -0.387. The third-order valence-electron chi connectivity index (χ3n) is 2.21. The molecule has 1 aromatic carbocycles. The Morgan fingerprint density at radius 3 is 2.61 bits per heavy atom. The number of hydrogen-bond acceptors (Lipinski definition) is 4. The summed E-state index contributed by atoms with van der Waals surface area (Å²) in [6, 6.07) is 3.47. The van der Waals surface area contributed by atoms with Gasteiger partial charge in [0.05, 0.1) is 4.92 Å². The minimum atomic E-state index is -3.89. The van der Waals surface area contributed by atoms with E-state index in [1.807, 2.05) is 0 Å². The van der Waals surface area contributed by atoms with Gasteiger partial charge in [-0.15, -0.1) is 0 Å². The van der Waals surface area contributed by atoms with E-state index in [2.05, 4.69) is 15.9 Å². The van der Waals surface area contributed by atoms with Crippen molar-refractivity contribution in [3.63, 3.8) is 0 Å². The SMILES string of the molecule is CN(CCBr)S(=O)(=O)c1ccc(Cl)cc1[N+](=O)[O-]. The molecule has 0 amide bonds. The molecule has 18 heavy (non-hydrogen) atoms. The van der Waals surface area contributed by atoms with Crippen LogP contribution in [0.1, 0.15) is 0 Å². The fourth-order valence-corrected chi connectivity index (χ4v) is 3.50. The van der Waals surface area contributed by atoms with Crippen LogP contribution in [0.25, 0.3) is 0 Å². The molecule has 9 heteroatoms. The van der Waals surface area contributed by atoms with Crippen LogP contribution in [0.5, 0.6) is 0 Å². The van der Waals surface area contributed by atoms with Gasteiger partial charge in [0.1, 0.15) is 0 Å². The summed E-state index contributed by atoms with van der Waals surface area (Å²) < 4.78 is 25.3. The summed E-state index contributed by atoms with van der Waals surface area (Å²) in [4.78, 5) is 9.73. The normalized spacial score (nSPS) is 11.8. The second-order valence-corrected chi connectivity index (χ2v) is 6.63. The molecule has 0 aromatic heterocycles. The monoisotopic (exact) mass is 356 g/mol. The maximum atomic E-state index is 12.1. The lowest BCUT2D eigenvalue weighted by atomic mass is 10.3. The molecule has 1 rings (SSSR count). The van der Waals surface area contributed by atoms with Crippen LogP contribution in [-0.4, -0.2) is 36.6 Å². The topological polar surface area (TPSA) is 80.5 Å². The van der Waals surface area contributed by atoms with E-state index in [4.69, 9.17) is 11.6 Å². The van der Waals surface area contributed by atoms with E-state index in [9.17, 15) is 18.5 Å². The predicted octanol–water partition coefficient (Wildman–Crippen LogP) is 2.26. The zero-order valence-corrected chi connectivity index (χ0v) is 12.5. The third kappa shape index (κ3) is 3.19. The van der Waals surface area contributed by atoms with Gasteiger partial charge in [-0.3, -0.25) is 10.1 Å². The number of nitro benzene ring substituents is 1. The number of sulfonamides is 1. The van der Waals surface area contributed by atoms with Crippen LogP contribution in [0.2, 0.25) is 5.02 Å². The Hall–Kier alpha value is -0.700. The molecule has 6 nitrogen and oxygen atoms in total. The molecule has 0 unspecified atom stereocenters. The predicted molar refractivity (Wildman–Crippen MR) is 71.7 cm³/mol. The Kier molecular flexibility index (Phi) is 5.09. The van der Waals surface area contributed by atoms with E-state index in [1.54, 1.807) is 0 Å². The summed E-state index contributed by atoms with van der Waals surface area (Å²) in [6.07, 6.45) is 0. The van der Waals surface area contributed by atoms with Gasteiger partial charge in [0, 0.05) is 30.0 Å². The fourth-order valence-electron chi connectivity index (χ4n) is 1.26. The van der Waals surface area contributed by atoms with Crippen LogP contribution in [0.4, 0.5) is 5.69 Å². The minimum absolute atomic E-state index is 0.115. The van der Waals surface area contributed by atoms with Gasteiger partial charge in [-0.1, -0.05) is 27.5 Å². The van der Waals surface area contributed by atoms with E-state index >= 15 is 0 Å². The molecule has 0 heterocycles. The van der Waals surface area contributed by atoms with Gasteiger partial charge in [0.2, 0.25) is 10.0 Å². The van der Waals surface area contributed by atoms with Crippen LogP contribution in [0.15, 0.2) is 23.1 Å². The average Bonchev–Trinajstić information content (AvgIpc) is 2.28. The molecule has 0 aliphatic carbocycles. The number of alkyl halides is 1. The van der Waals surface area contributed by atoms with E-state index in [0.29, 0.717) is 5.33 Å². The zero-order valence-electron chi connectivity index (χ0n) is 9.34. The summed E-state index contributed by atoms with van der Waals surface area (Å²) >= 11 is 8.74. The molecule has 0 radical (unpaired) electrons. The fraction of sp³-hybridized carbons (Fsp3) is 0.333. The smallest absolute Gasteiger partial charge is 0.258 e. The van der Waals surface area contributed by atoms with Crippen LogP contribution >= 0.6 is 27.5 Å².